The van der Waals surface area contributed by atoms with E-state index in [-0.39, 0.29) is 13.2 Å². The number of aliphatic hydroxyl groups is 1. The molecule has 0 aromatic heterocycles. The second-order valence-corrected chi connectivity index (χ2v) is 4.29. The third-order valence-corrected chi connectivity index (χ3v) is 3.05. The van der Waals surface area contributed by atoms with Crippen molar-refractivity contribution in [2.24, 2.45) is 5.92 Å². The molecule has 0 bridgehead atoms. The summed E-state index contributed by atoms with van der Waals surface area (Å²) < 4.78 is 9.74. The van der Waals surface area contributed by atoms with Crippen molar-refractivity contribution < 1.29 is 24.2 Å². The van der Waals surface area contributed by atoms with E-state index in [0.29, 0.717) is 25.9 Å². The summed E-state index contributed by atoms with van der Waals surface area (Å²) in [5.41, 5.74) is -1.37. The molecule has 0 saturated carbocycles. The molecule has 104 valence electrons. The topological polar surface area (TPSA) is 84.9 Å². The Morgan fingerprint density at radius 2 is 1.61 bits per heavy atom. The number of hydrogen-bond donors (Lipinski definition) is 2. The maximum absolute atomic E-state index is 11.9. The van der Waals surface area contributed by atoms with Crippen LogP contribution in [0.1, 0.15) is 26.7 Å². The van der Waals surface area contributed by atoms with Gasteiger partial charge < -0.3 is 19.9 Å². The van der Waals surface area contributed by atoms with E-state index in [4.69, 9.17) is 9.47 Å². The number of piperidine rings is 1. The fourth-order valence-electron chi connectivity index (χ4n) is 2.13. The molecular weight excluding hydrogens is 238 g/mol. The first-order valence-corrected chi connectivity index (χ1v) is 6.31. The Kier molecular flexibility index (Phi) is 5.55. The predicted octanol–water partition coefficient (Wildman–Crippen LogP) is -0.157. The van der Waals surface area contributed by atoms with Crippen LogP contribution in [0.4, 0.5) is 0 Å². The first kappa shape index (κ1) is 14.9. The summed E-state index contributed by atoms with van der Waals surface area (Å²) in [6, 6.07) is 0. The highest BCUT2D eigenvalue weighted by atomic mass is 16.6. The number of hydrogen-bond acceptors (Lipinski definition) is 6. The maximum atomic E-state index is 11.9. The highest BCUT2D eigenvalue weighted by Crippen LogP contribution is 2.29. The van der Waals surface area contributed by atoms with Crippen molar-refractivity contribution in [1.29, 1.82) is 0 Å². The molecule has 0 atom stereocenters. The average Bonchev–Trinajstić information content (AvgIpc) is 2.30. The molecule has 0 unspecified atom stereocenters. The van der Waals surface area contributed by atoms with Crippen molar-refractivity contribution >= 4 is 11.9 Å². The first-order valence-electron chi connectivity index (χ1n) is 6.31. The highest BCUT2D eigenvalue weighted by molar-refractivity contribution is 5.96. The highest BCUT2D eigenvalue weighted by Gasteiger charge is 2.48. The van der Waals surface area contributed by atoms with Gasteiger partial charge in [0.15, 0.2) is 5.92 Å². The van der Waals surface area contributed by atoms with Gasteiger partial charge in [-0.1, -0.05) is 0 Å². The van der Waals surface area contributed by atoms with Gasteiger partial charge in [-0.05, 0) is 39.8 Å². The molecule has 1 fully saturated rings. The van der Waals surface area contributed by atoms with Gasteiger partial charge in [0.2, 0.25) is 0 Å². The molecule has 6 nitrogen and oxygen atoms in total. The third-order valence-electron chi connectivity index (χ3n) is 3.05. The fourth-order valence-corrected chi connectivity index (χ4v) is 2.13. The van der Waals surface area contributed by atoms with Crippen molar-refractivity contribution in [3.63, 3.8) is 0 Å². The van der Waals surface area contributed by atoms with Gasteiger partial charge in [-0.25, -0.2) is 0 Å². The van der Waals surface area contributed by atoms with Gasteiger partial charge in [-0.15, -0.1) is 0 Å². The summed E-state index contributed by atoms with van der Waals surface area (Å²) in [5, 5.41) is 13.6. The molecule has 1 aliphatic rings. The molecule has 0 aliphatic carbocycles. The molecule has 0 amide bonds. The van der Waals surface area contributed by atoms with Gasteiger partial charge in [0.25, 0.3) is 0 Å². The van der Waals surface area contributed by atoms with Crippen LogP contribution in [0.15, 0.2) is 0 Å². The smallest absolute Gasteiger partial charge is 0.323 e. The van der Waals surface area contributed by atoms with E-state index in [1.807, 2.05) is 0 Å². The van der Waals surface area contributed by atoms with Crippen LogP contribution in [0.3, 0.4) is 0 Å². The molecule has 0 aromatic rings. The van der Waals surface area contributed by atoms with Crippen LogP contribution in [-0.2, 0) is 19.1 Å². The molecule has 0 radical (unpaired) electrons. The molecule has 1 rings (SSSR count). The summed E-state index contributed by atoms with van der Waals surface area (Å²) >= 11 is 0. The Hall–Kier alpha value is -1.14. The summed E-state index contributed by atoms with van der Waals surface area (Å²) in [5.74, 6) is -2.67. The maximum Gasteiger partial charge on any atom is 0.323 e. The van der Waals surface area contributed by atoms with E-state index in [2.05, 4.69) is 5.32 Å². The van der Waals surface area contributed by atoms with Crippen LogP contribution < -0.4 is 5.32 Å². The van der Waals surface area contributed by atoms with Gasteiger partial charge in [0, 0.05) is 0 Å². The second-order valence-electron chi connectivity index (χ2n) is 4.29. The van der Waals surface area contributed by atoms with Crippen molar-refractivity contribution in [3.05, 3.63) is 0 Å². The number of rotatable bonds is 5. The monoisotopic (exact) mass is 259 g/mol. The Bertz CT molecular complexity index is 281. The SMILES string of the molecule is CCOC(=O)C(C(=O)OCC)C1(O)CCNCC1. The molecule has 1 aliphatic heterocycles. The number of carbonyl (C=O) groups excluding carboxylic acids is 2. The number of carbonyl (C=O) groups is 2. The minimum absolute atomic E-state index is 0.170. The zero-order valence-electron chi connectivity index (χ0n) is 10.9. The van der Waals surface area contributed by atoms with Crippen LogP contribution in [0.5, 0.6) is 0 Å². The van der Waals surface area contributed by atoms with E-state index in [1.165, 1.54) is 0 Å². The van der Waals surface area contributed by atoms with Crippen molar-refractivity contribution in [1.82, 2.24) is 5.32 Å². The first-order chi connectivity index (χ1) is 8.55. The minimum Gasteiger partial charge on any atom is -0.465 e. The Labute approximate surface area is 107 Å². The Morgan fingerprint density at radius 1 is 1.17 bits per heavy atom. The normalized spacial score (nSPS) is 18.4. The Balaban J connectivity index is 2.87. The van der Waals surface area contributed by atoms with Crippen molar-refractivity contribution in [2.75, 3.05) is 26.3 Å². The second kappa shape index (κ2) is 6.70. The van der Waals surface area contributed by atoms with Crippen LogP contribution in [-0.4, -0.2) is 48.9 Å². The third kappa shape index (κ3) is 3.43. The molecule has 6 heteroatoms. The summed E-state index contributed by atoms with van der Waals surface area (Å²) in [4.78, 5) is 23.7. The lowest BCUT2D eigenvalue weighted by molar-refractivity contribution is -0.176. The average molecular weight is 259 g/mol. The quantitative estimate of drug-likeness (QED) is 0.527. The van der Waals surface area contributed by atoms with Gasteiger partial charge >= 0.3 is 11.9 Å². The van der Waals surface area contributed by atoms with Crippen LogP contribution in [0.25, 0.3) is 0 Å². The van der Waals surface area contributed by atoms with Gasteiger partial charge in [-0.3, -0.25) is 9.59 Å². The zero-order valence-corrected chi connectivity index (χ0v) is 10.9. The van der Waals surface area contributed by atoms with E-state index in [0.717, 1.165) is 0 Å². The molecule has 1 saturated heterocycles. The largest absolute Gasteiger partial charge is 0.465 e. The molecule has 1 heterocycles. The lowest BCUT2D eigenvalue weighted by Gasteiger charge is -2.36. The molecular formula is C12H21NO5. The number of ether oxygens (including phenoxy) is 2. The standard InChI is InChI=1S/C12H21NO5/c1-3-17-10(14)9(11(15)18-4-2)12(16)5-7-13-8-6-12/h9,13,16H,3-8H2,1-2H3. The Morgan fingerprint density at radius 3 is 2.00 bits per heavy atom. The van der Waals surface area contributed by atoms with Crippen LogP contribution in [0.2, 0.25) is 0 Å². The van der Waals surface area contributed by atoms with Gasteiger partial charge in [0.05, 0.1) is 18.8 Å². The summed E-state index contributed by atoms with van der Waals surface area (Å²) in [7, 11) is 0. The van der Waals surface area contributed by atoms with E-state index < -0.39 is 23.5 Å². The molecule has 0 aromatic carbocycles. The van der Waals surface area contributed by atoms with E-state index >= 15 is 0 Å². The zero-order chi connectivity index (χ0) is 13.6. The molecule has 2 N–H and O–H groups in total. The minimum atomic E-state index is -1.37. The molecule has 0 spiro atoms. The lowest BCUT2D eigenvalue weighted by atomic mass is 9.80. The number of nitrogens with one attached hydrogen (secondary N) is 1. The van der Waals surface area contributed by atoms with E-state index in [1.54, 1.807) is 13.8 Å². The van der Waals surface area contributed by atoms with Crippen molar-refractivity contribution in [3.8, 4) is 0 Å². The van der Waals surface area contributed by atoms with Crippen LogP contribution >= 0.6 is 0 Å². The van der Waals surface area contributed by atoms with Crippen molar-refractivity contribution in [2.45, 2.75) is 32.3 Å². The van der Waals surface area contributed by atoms with Crippen LogP contribution in [0, 0.1) is 5.92 Å². The number of esters is 2. The summed E-state index contributed by atoms with van der Waals surface area (Å²) in [6.45, 7) is 4.78. The summed E-state index contributed by atoms with van der Waals surface area (Å²) in [6.07, 6.45) is 0.657. The van der Waals surface area contributed by atoms with E-state index in [9.17, 15) is 14.7 Å². The van der Waals surface area contributed by atoms with Gasteiger partial charge in [0.1, 0.15) is 0 Å². The van der Waals surface area contributed by atoms with Gasteiger partial charge in [-0.2, -0.15) is 0 Å². The molecule has 18 heavy (non-hydrogen) atoms. The lowest BCUT2D eigenvalue weighted by Crippen LogP contribution is -2.53. The fraction of sp³-hybridized carbons (Fsp3) is 0.833. The predicted molar refractivity (Wildman–Crippen MR) is 63.8 cm³/mol.